The average molecular weight is 612 g/mol. The lowest BCUT2D eigenvalue weighted by Gasteiger charge is -2.10. The molecule has 0 aliphatic rings. The third kappa shape index (κ3) is 5.43. The summed E-state index contributed by atoms with van der Waals surface area (Å²) in [5.74, 6) is 1.07. The van der Waals surface area contributed by atoms with Gasteiger partial charge in [-0.3, -0.25) is 9.36 Å². The number of aryl methyl sites for hydroxylation is 1. The van der Waals surface area contributed by atoms with E-state index in [1.54, 1.807) is 7.11 Å². The summed E-state index contributed by atoms with van der Waals surface area (Å²) in [6, 6.07) is 26.0. The van der Waals surface area contributed by atoms with Crippen LogP contribution in [-0.4, -0.2) is 46.5 Å². The SMILES string of the molecule is COc1ccc(Cn2cc3cc(-n4nc(-c5cccc6nn(C[C@H](O)c7ccccc7)cc56)c(C(C)C)c4C)c(C)nc3n2)cc1. The number of benzene rings is 3. The molecule has 3 aromatic carbocycles. The van der Waals surface area contributed by atoms with Gasteiger partial charge in [-0.1, -0.05) is 68.4 Å². The van der Waals surface area contributed by atoms with Crippen LogP contribution in [-0.2, 0) is 13.1 Å². The lowest BCUT2D eigenvalue weighted by molar-refractivity contribution is 0.152. The third-order valence-corrected chi connectivity index (χ3v) is 8.57. The van der Waals surface area contributed by atoms with Gasteiger partial charge in [0.05, 0.1) is 48.9 Å². The Hall–Kier alpha value is -5.28. The van der Waals surface area contributed by atoms with Crippen molar-refractivity contribution in [3.63, 3.8) is 0 Å². The standard InChI is InChI=1S/C37H37N7O2/c1-23(2)35-25(4)44(33-18-28-20-42(41-37(28)38-24(33)3)19-26-14-16-29(46-5)17-15-26)40-36(35)30-12-9-13-32-31(30)21-43(39-32)22-34(45)27-10-7-6-8-11-27/h6-18,20-21,23,34,45H,19,22H2,1-5H3/t34-/m0/s1. The number of hydrogen-bond donors (Lipinski definition) is 1. The van der Waals surface area contributed by atoms with Crippen LogP contribution in [0.4, 0.5) is 0 Å². The van der Waals surface area contributed by atoms with Crippen LogP contribution in [0.1, 0.15) is 53.9 Å². The molecule has 0 saturated heterocycles. The Labute approximate surface area is 267 Å². The Morgan fingerprint density at radius 1 is 0.848 bits per heavy atom. The fourth-order valence-corrected chi connectivity index (χ4v) is 6.29. The molecule has 1 atom stereocenters. The van der Waals surface area contributed by atoms with Crippen molar-refractivity contribution in [2.75, 3.05) is 7.11 Å². The highest BCUT2D eigenvalue weighted by molar-refractivity contribution is 5.94. The van der Waals surface area contributed by atoms with Gasteiger partial charge in [-0.05, 0) is 55.2 Å². The van der Waals surface area contributed by atoms with Gasteiger partial charge in [0.15, 0.2) is 5.65 Å². The molecule has 7 rings (SSSR count). The molecule has 0 radical (unpaired) electrons. The number of methoxy groups -OCH3 is 1. The van der Waals surface area contributed by atoms with Crippen LogP contribution in [0.2, 0.25) is 0 Å². The van der Waals surface area contributed by atoms with Crippen LogP contribution >= 0.6 is 0 Å². The molecular formula is C37H37N7O2. The molecule has 0 aliphatic carbocycles. The van der Waals surface area contributed by atoms with E-state index >= 15 is 0 Å². The number of rotatable bonds is 9. The smallest absolute Gasteiger partial charge is 0.181 e. The van der Waals surface area contributed by atoms with Crippen LogP contribution in [0.3, 0.4) is 0 Å². The zero-order valence-electron chi connectivity index (χ0n) is 26.7. The highest BCUT2D eigenvalue weighted by Crippen LogP contribution is 2.37. The van der Waals surface area contributed by atoms with Crippen molar-refractivity contribution < 1.29 is 9.84 Å². The lowest BCUT2D eigenvalue weighted by Crippen LogP contribution is -2.08. The number of pyridine rings is 1. The second kappa shape index (κ2) is 11.9. The number of hydrogen-bond acceptors (Lipinski definition) is 6. The number of fused-ring (bicyclic) bond motifs is 2. The van der Waals surface area contributed by atoms with Gasteiger partial charge in [-0.15, -0.1) is 0 Å². The third-order valence-electron chi connectivity index (χ3n) is 8.57. The molecule has 0 aliphatic heterocycles. The summed E-state index contributed by atoms with van der Waals surface area (Å²) in [6.45, 7) is 9.54. The molecule has 0 spiro atoms. The Kier molecular flexibility index (Phi) is 7.62. The minimum atomic E-state index is -0.655. The van der Waals surface area contributed by atoms with Gasteiger partial charge in [0.1, 0.15) is 5.75 Å². The summed E-state index contributed by atoms with van der Waals surface area (Å²) in [4.78, 5) is 4.90. The van der Waals surface area contributed by atoms with E-state index in [0.29, 0.717) is 18.7 Å². The van der Waals surface area contributed by atoms with E-state index in [9.17, 15) is 5.11 Å². The van der Waals surface area contributed by atoms with Crippen molar-refractivity contribution in [3.8, 4) is 22.7 Å². The molecule has 0 unspecified atom stereocenters. The summed E-state index contributed by atoms with van der Waals surface area (Å²) in [5, 5.41) is 27.6. The van der Waals surface area contributed by atoms with Gasteiger partial charge in [0.25, 0.3) is 0 Å². The Balaban J connectivity index is 1.26. The van der Waals surface area contributed by atoms with Gasteiger partial charge >= 0.3 is 0 Å². The number of aliphatic hydroxyl groups excluding tert-OH is 1. The molecule has 232 valence electrons. The predicted octanol–water partition coefficient (Wildman–Crippen LogP) is 7.16. The number of ether oxygens (including phenoxy) is 1. The molecular weight excluding hydrogens is 574 g/mol. The highest BCUT2D eigenvalue weighted by atomic mass is 16.5. The molecule has 1 N–H and O–H groups in total. The first-order chi connectivity index (χ1) is 22.3. The maximum atomic E-state index is 10.9. The summed E-state index contributed by atoms with van der Waals surface area (Å²) in [7, 11) is 1.67. The van der Waals surface area contributed by atoms with Crippen LogP contribution < -0.4 is 4.74 Å². The largest absolute Gasteiger partial charge is 0.497 e. The highest BCUT2D eigenvalue weighted by Gasteiger charge is 2.23. The van der Waals surface area contributed by atoms with Crippen molar-refractivity contribution in [3.05, 3.63) is 119 Å². The van der Waals surface area contributed by atoms with Crippen LogP contribution in [0.15, 0.2) is 91.3 Å². The van der Waals surface area contributed by atoms with Crippen LogP contribution in [0, 0.1) is 13.8 Å². The maximum Gasteiger partial charge on any atom is 0.181 e. The van der Waals surface area contributed by atoms with Gasteiger partial charge in [0, 0.05) is 40.0 Å². The van der Waals surface area contributed by atoms with E-state index in [0.717, 1.165) is 61.5 Å². The molecule has 7 aromatic rings. The molecule has 0 saturated carbocycles. The quantitative estimate of drug-likeness (QED) is 0.186. The first-order valence-corrected chi connectivity index (χ1v) is 15.6. The van der Waals surface area contributed by atoms with Gasteiger partial charge in [-0.25, -0.2) is 9.67 Å². The minimum absolute atomic E-state index is 0.234. The van der Waals surface area contributed by atoms with E-state index in [-0.39, 0.29) is 5.92 Å². The predicted molar refractivity (Wildman–Crippen MR) is 180 cm³/mol. The normalized spacial score (nSPS) is 12.4. The van der Waals surface area contributed by atoms with Crippen molar-refractivity contribution in [1.29, 1.82) is 0 Å². The van der Waals surface area contributed by atoms with Crippen molar-refractivity contribution in [2.45, 2.75) is 52.8 Å². The van der Waals surface area contributed by atoms with Gasteiger partial charge in [-0.2, -0.15) is 15.3 Å². The number of aromatic nitrogens is 7. The van der Waals surface area contributed by atoms with Gasteiger partial charge in [0.2, 0.25) is 0 Å². The van der Waals surface area contributed by atoms with E-state index < -0.39 is 6.10 Å². The Morgan fingerprint density at radius 2 is 1.63 bits per heavy atom. The molecule has 0 amide bonds. The van der Waals surface area contributed by atoms with Crippen molar-refractivity contribution in [2.24, 2.45) is 0 Å². The summed E-state index contributed by atoms with van der Waals surface area (Å²) >= 11 is 0. The van der Waals surface area contributed by atoms with Crippen molar-refractivity contribution >= 4 is 21.9 Å². The van der Waals surface area contributed by atoms with Crippen LogP contribution in [0.25, 0.3) is 38.9 Å². The first kappa shape index (κ1) is 29.4. The monoisotopic (exact) mass is 611 g/mol. The molecule has 46 heavy (non-hydrogen) atoms. The molecule has 0 fully saturated rings. The summed E-state index contributed by atoms with van der Waals surface area (Å²) < 4.78 is 11.1. The average Bonchev–Trinajstić information content (AvgIpc) is 3.75. The first-order valence-electron chi connectivity index (χ1n) is 15.6. The second-order valence-corrected chi connectivity index (χ2v) is 12.1. The van der Waals surface area contributed by atoms with E-state index in [2.05, 4.69) is 32.9 Å². The maximum absolute atomic E-state index is 10.9. The van der Waals surface area contributed by atoms with E-state index in [1.165, 1.54) is 5.56 Å². The van der Waals surface area contributed by atoms with Gasteiger partial charge < -0.3 is 9.84 Å². The zero-order chi connectivity index (χ0) is 31.9. The summed E-state index contributed by atoms with van der Waals surface area (Å²) in [5.41, 5.74) is 9.55. The fraction of sp³-hybridized carbons (Fsp3) is 0.243. The minimum Gasteiger partial charge on any atom is -0.497 e. The fourth-order valence-electron chi connectivity index (χ4n) is 6.29. The number of aliphatic hydroxyl groups is 1. The van der Waals surface area contributed by atoms with E-state index in [1.807, 2.05) is 100 Å². The molecule has 4 heterocycles. The summed E-state index contributed by atoms with van der Waals surface area (Å²) in [6.07, 6.45) is 3.40. The van der Waals surface area contributed by atoms with E-state index in [4.69, 9.17) is 25.0 Å². The topological polar surface area (TPSA) is 95.8 Å². The Morgan fingerprint density at radius 3 is 2.37 bits per heavy atom. The Bertz CT molecular complexity index is 2160. The molecule has 9 heteroatoms. The van der Waals surface area contributed by atoms with Crippen LogP contribution in [0.5, 0.6) is 5.75 Å². The lowest BCUT2D eigenvalue weighted by atomic mass is 9.95. The molecule has 4 aromatic heterocycles. The number of nitrogens with zero attached hydrogens (tertiary/aromatic N) is 7. The second-order valence-electron chi connectivity index (χ2n) is 12.1. The zero-order valence-corrected chi connectivity index (χ0v) is 26.7. The molecule has 9 nitrogen and oxygen atoms in total. The molecule has 0 bridgehead atoms. The van der Waals surface area contributed by atoms with Crippen molar-refractivity contribution in [1.82, 2.24) is 34.3 Å².